The van der Waals surface area contributed by atoms with Crippen LogP contribution in [0.3, 0.4) is 0 Å². The Bertz CT molecular complexity index is 690. The van der Waals surface area contributed by atoms with Crippen molar-refractivity contribution in [3.05, 3.63) is 46.3 Å². The van der Waals surface area contributed by atoms with Gasteiger partial charge in [-0.05, 0) is 47.0 Å². The lowest BCUT2D eigenvalue weighted by molar-refractivity contribution is 0.0787. The standard InChI is InChI=1S/C17H21BrN4O/c1-4-5-8-22(3)17(23)15-10-16(20-11-19-15)21-14-7-6-12(2)9-13(14)18/h6-7,9-11H,4-5,8H2,1-3H3,(H,19,20,21). The molecule has 0 saturated heterocycles. The fourth-order valence-corrected chi connectivity index (χ4v) is 2.69. The van der Waals surface area contributed by atoms with Gasteiger partial charge in [0.1, 0.15) is 17.8 Å². The first-order valence-electron chi connectivity index (χ1n) is 7.62. The molecule has 2 aromatic rings. The first kappa shape index (κ1) is 17.4. The van der Waals surface area contributed by atoms with Gasteiger partial charge in [-0.25, -0.2) is 9.97 Å². The topological polar surface area (TPSA) is 58.1 Å². The van der Waals surface area contributed by atoms with Crippen LogP contribution in [0.15, 0.2) is 35.1 Å². The first-order chi connectivity index (χ1) is 11.0. The van der Waals surface area contributed by atoms with Gasteiger partial charge in [0.05, 0.1) is 5.69 Å². The maximum atomic E-state index is 12.4. The lowest BCUT2D eigenvalue weighted by atomic mass is 10.2. The molecule has 0 spiro atoms. The van der Waals surface area contributed by atoms with Gasteiger partial charge < -0.3 is 10.2 Å². The van der Waals surface area contributed by atoms with E-state index in [1.165, 1.54) is 11.9 Å². The van der Waals surface area contributed by atoms with E-state index in [-0.39, 0.29) is 5.91 Å². The molecule has 5 nitrogen and oxygen atoms in total. The number of hydrogen-bond donors (Lipinski definition) is 1. The summed E-state index contributed by atoms with van der Waals surface area (Å²) in [7, 11) is 1.80. The van der Waals surface area contributed by atoms with Crippen LogP contribution in [-0.4, -0.2) is 34.4 Å². The molecule has 1 aromatic heterocycles. The number of rotatable bonds is 6. The molecule has 1 N–H and O–H groups in total. The minimum absolute atomic E-state index is 0.0909. The molecule has 0 atom stereocenters. The number of hydrogen-bond acceptors (Lipinski definition) is 4. The third-order valence-corrected chi connectivity index (χ3v) is 4.12. The van der Waals surface area contributed by atoms with Crippen molar-refractivity contribution >= 4 is 33.3 Å². The van der Waals surface area contributed by atoms with Crippen LogP contribution in [0.5, 0.6) is 0 Å². The molecule has 0 aliphatic carbocycles. The predicted octanol–water partition coefficient (Wildman–Crippen LogP) is 4.16. The molecule has 0 aliphatic rings. The second kappa shape index (κ2) is 8.06. The normalized spacial score (nSPS) is 10.4. The number of aryl methyl sites for hydroxylation is 1. The van der Waals surface area contributed by atoms with Crippen LogP contribution in [0, 0.1) is 6.92 Å². The molecular formula is C17H21BrN4O. The van der Waals surface area contributed by atoms with Crippen molar-refractivity contribution in [2.24, 2.45) is 0 Å². The highest BCUT2D eigenvalue weighted by atomic mass is 79.9. The number of halogens is 1. The smallest absolute Gasteiger partial charge is 0.272 e. The molecule has 0 fully saturated rings. The van der Waals surface area contributed by atoms with Gasteiger partial charge in [-0.1, -0.05) is 19.4 Å². The van der Waals surface area contributed by atoms with Crippen LogP contribution in [0.2, 0.25) is 0 Å². The average Bonchev–Trinajstić information content (AvgIpc) is 2.55. The maximum absolute atomic E-state index is 12.4. The Kier molecular flexibility index (Phi) is 6.10. The third-order valence-electron chi connectivity index (χ3n) is 3.47. The first-order valence-corrected chi connectivity index (χ1v) is 8.41. The van der Waals surface area contributed by atoms with Gasteiger partial charge >= 0.3 is 0 Å². The highest BCUT2D eigenvalue weighted by molar-refractivity contribution is 9.10. The summed E-state index contributed by atoms with van der Waals surface area (Å²) in [5.41, 5.74) is 2.45. The molecule has 0 unspecified atom stereocenters. The van der Waals surface area contributed by atoms with Crippen molar-refractivity contribution in [2.75, 3.05) is 18.9 Å². The van der Waals surface area contributed by atoms with Crippen molar-refractivity contribution in [2.45, 2.75) is 26.7 Å². The van der Waals surface area contributed by atoms with E-state index >= 15 is 0 Å². The van der Waals surface area contributed by atoms with Crippen LogP contribution in [0.4, 0.5) is 11.5 Å². The van der Waals surface area contributed by atoms with Crippen molar-refractivity contribution < 1.29 is 4.79 Å². The van der Waals surface area contributed by atoms with Crippen LogP contribution in [-0.2, 0) is 0 Å². The largest absolute Gasteiger partial charge is 0.340 e. The van der Waals surface area contributed by atoms with Crippen molar-refractivity contribution in [1.82, 2.24) is 14.9 Å². The Morgan fingerprint density at radius 2 is 2.09 bits per heavy atom. The molecule has 23 heavy (non-hydrogen) atoms. The fourth-order valence-electron chi connectivity index (χ4n) is 2.09. The summed E-state index contributed by atoms with van der Waals surface area (Å²) in [5, 5.41) is 3.21. The molecule has 0 radical (unpaired) electrons. The SMILES string of the molecule is CCCCN(C)C(=O)c1cc(Nc2ccc(C)cc2Br)ncn1. The minimum Gasteiger partial charge on any atom is -0.340 e. The number of carbonyl (C=O) groups excluding carboxylic acids is 1. The summed E-state index contributed by atoms with van der Waals surface area (Å²) in [5.74, 6) is 0.503. The third kappa shape index (κ3) is 4.76. The summed E-state index contributed by atoms with van der Waals surface area (Å²) >= 11 is 3.52. The molecule has 0 aliphatic heterocycles. The Balaban J connectivity index is 2.14. The van der Waals surface area contributed by atoms with Gasteiger partial charge in [0.25, 0.3) is 5.91 Å². The van der Waals surface area contributed by atoms with Crippen molar-refractivity contribution in [1.29, 1.82) is 0 Å². The van der Waals surface area contributed by atoms with Gasteiger partial charge in [-0.15, -0.1) is 0 Å². The van der Waals surface area contributed by atoms with Gasteiger partial charge in [0.2, 0.25) is 0 Å². The minimum atomic E-state index is -0.0909. The second-order valence-corrected chi connectivity index (χ2v) is 6.33. The molecular weight excluding hydrogens is 356 g/mol. The highest BCUT2D eigenvalue weighted by Crippen LogP contribution is 2.26. The van der Waals surface area contributed by atoms with Crippen LogP contribution >= 0.6 is 15.9 Å². The van der Waals surface area contributed by atoms with E-state index in [4.69, 9.17) is 0 Å². The summed E-state index contributed by atoms with van der Waals surface area (Å²) in [6.45, 7) is 4.86. The molecule has 1 amide bonds. The molecule has 1 aromatic carbocycles. The van der Waals surface area contributed by atoms with Crippen molar-refractivity contribution in [3.8, 4) is 0 Å². The Labute approximate surface area is 145 Å². The second-order valence-electron chi connectivity index (χ2n) is 5.48. The number of nitrogens with zero attached hydrogens (tertiary/aromatic N) is 3. The number of nitrogens with one attached hydrogen (secondary N) is 1. The van der Waals surface area contributed by atoms with E-state index < -0.39 is 0 Å². The van der Waals surface area contributed by atoms with Crippen molar-refractivity contribution in [3.63, 3.8) is 0 Å². The zero-order valence-electron chi connectivity index (χ0n) is 13.6. The Morgan fingerprint density at radius 3 is 2.78 bits per heavy atom. The van der Waals surface area contributed by atoms with E-state index in [2.05, 4.69) is 38.1 Å². The van der Waals surface area contributed by atoms with E-state index in [1.54, 1.807) is 18.0 Å². The molecule has 0 saturated carbocycles. The number of amides is 1. The monoisotopic (exact) mass is 376 g/mol. The quantitative estimate of drug-likeness (QED) is 0.821. The fraction of sp³-hybridized carbons (Fsp3) is 0.353. The Hall–Kier alpha value is -1.95. The lowest BCUT2D eigenvalue weighted by Crippen LogP contribution is -2.28. The van der Waals surface area contributed by atoms with Gasteiger partial charge in [-0.2, -0.15) is 0 Å². The zero-order valence-corrected chi connectivity index (χ0v) is 15.2. The van der Waals surface area contributed by atoms with E-state index in [0.717, 1.165) is 29.5 Å². The summed E-state index contributed by atoms with van der Waals surface area (Å²) < 4.78 is 0.948. The lowest BCUT2D eigenvalue weighted by Gasteiger charge is -2.16. The average molecular weight is 377 g/mol. The van der Waals surface area contributed by atoms with Gasteiger partial charge in [-0.3, -0.25) is 4.79 Å². The van der Waals surface area contributed by atoms with E-state index in [0.29, 0.717) is 11.5 Å². The highest BCUT2D eigenvalue weighted by Gasteiger charge is 2.14. The number of carbonyl (C=O) groups is 1. The molecule has 0 bridgehead atoms. The van der Waals surface area contributed by atoms with Gasteiger partial charge in [0, 0.05) is 24.1 Å². The number of anilines is 2. The molecule has 122 valence electrons. The summed E-state index contributed by atoms with van der Waals surface area (Å²) in [4.78, 5) is 22.3. The number of unbranched alkanes of at least 4 members (excludes halogenated alkanes) is 1. The molecule has 2 rings (SSSR count). The maximum Gasteiger partial charge on any atom is 0.272 e. The van der Waals surface area contributed by atoms with Crippen LogP contribution in [0.1, 0.15) is 35.8 Å². The summed E-state index contributed by atoms with van der Waals surface area (Å²) in [6, 6.07) is 7.68. The van der Waals surface area contributed by atoms with Gasteiger partial charge in [0.15, 0.2) is 0 Å². The number of benzene rings is 1. The Morgan fingerprint density at radius 1 is 1.30 bits per heavy atom. The summed E-state index contributed by atoms with van der Waals surface area (Å²) in [6.07, 6.45) is 3.44. The van der Waals surface area contributed by atoms with Crippen LogP contribution in [0.25, 0.3) is 0 Å². The van der Waals surface area contributed by atoms with E-state index in [1.807, 2.05) is 25.1 Å². The van der Waals surface area contributed by atoms with Crippen LogP contribution < -0.4 is 5.32 Å². The predicted molar refractivity (Wildman–Crippen MR) is 96.1 cm³/mol. The van der Waals surface area contributed by atoms with E-state index in [9.17, 15) is 4.79 Å². The zero-order chi connectivity index (χ0) is 16.8. The molecule has 1 heterocycles. The number of aromatic nitrogens is 2. The molecule has 6 heteroatoms.